The van der Waals surface area contributed by atoms with E-state index in [9.17, 15) is 9.59 Å². The van der Waals surface area contributed by atoms with Crippen LogP contribution in [0.5, 0.6) is 0 Å². The van der Waals surface area contributed by atoms with E-state index >= 15 is 0 Å². The molecule has 0 aromatic carbocycles. The van der Waals surface area contributed by atoms with Gasteiger partial charge in [-0.25, -0.2) is 0 Å². The van der Waals surface area contributed by atoms with Crippen LogP contribution < -0.4 is 16.0 Å². The Kier molecular flexibility index (Phi) is 3.60. The maximum atomic E-state index is 12.4. The molecule has 23 heavy (non-hydrogen) atoms. The molecular formula is C16H23N5O2. The second-order valence-electron chi connectivity index (χ2n) is 7.13. The lowest BCUT2D eigenvalue weighted by Gasteiger charge is -2.23. The van der Waals surface area contributed by atoms with Gasteiger partial charge in [0.2, 0.25) is 11.8 Å². The lowest BCUT2D eigenvalue weighted by atomic mass is 9.92. The largest absolute Gasteiger partial charge is 0.352 e. The third-order valence-corrected chi connectivity index (χ3v) is 5.25. The molecule has 1 aromatic rings. The summed E-state index contributed by atoms with van der Waals surface area (Å²) >= 11 is 0. The first-order valence-electron chi connectivity index (χ1n) is 8.48. The fourth-order valence-electron chi connectivity index (χ4n) is 3.59. The summed E-state index contributed by atoms with van der Waals surface area (Å²) in [5.74, 6) is 0.198. The highest BCUT2D eigenvalue weighted by Gasteiger charge is 2.57. The van der Waals surface area contributed by atoms with Crippen molar-refractivity contribution in [1.29, 1.82) is 0 Å². The van der Waals surface area contributed by atoms with Crippen molar-refractivity contribution in [2.75, 3.05) is 18.4 Å². The number of aromatic nitrogens is 2. The maximum absolute atomic E-state index is 12.4. The molecule has 0 bridgehead atoms. The molecule has 1 spiro atoms. The molecule has 0 radical (unpaired) electrons. The molecule has 7 heteroatoms. The Balaban J connectivity index is 1.29. The summed E-state index contributed by atoms with van der Waals surface area (Å²) in [4.78, 5) is 24.1. The molecule has 2 heterocycles. The number of carbonyl (C=O) groups excluding carboxylic acids is 2. The van der Waals surface area contributed by atoms with Crippen LogP contribution in [-0.4, -0.2) is 40.7 Å². The number of anilines is 1. The van der Waals surface area contributed by atoms with E-state index in [1.165, 1.54) is 0 Å². The van der Waals surface area contributed by atoms with Crippen LogP contribution in [0.4, 0.5) is 5.69 Å². The Morgan fingerprint density at radius 3 is 2.87 bits per heavy atom. The van der Waals surface area contributed by atoms with Crippen molar-refractivity contribution in [3.05, 3.63) is 12.4 Å². The molecule has 3 N–H and O–H groups in total. The van der Waals surface area contributed by atoms with Crippen LogP contribution >= 0.6 is 0 Å². The first kappa shape index (κ1) is 14.7. The van der Waals surface area contributed by atoms with Gasteiger partial charge in [0.05, 0.1) is 11.9 Å². The number of hydrogen-bond acceptors (Lipinski definition) is 4. The number of carbonyl (C=O) groups is 2. The third kappa shape index (κ3) is 3.24. The Labute approximate surface area is 135 Å². The highest BCUT2D eigenvalue weighted by molar-refractivity contribution is 5.95. The SMILES string of the molecule is O=C(Cn1cc(NC(=O)C2CC23CCNCC3)cn1)NC1CC1. The van der Waals surface area contributed by atoms with Gasteiger partial charge in [0, 0.05) is 18.2 Å². The van der Waals surface area contributed by atoms with Crippen LogP contribution in [0.1, 0.15) is 32.1 Å². The molecule has 2 aliphatic carbocycles. The zero-order valence-corrected chi connectivity index (χ0v) is 13.2. The normalized spacial score (nSPS) is 25.1. The number of nitrogens with one attached hydrogen (secondary N) is 3. The molecule has 2 amide bonds. The molecule has 4 rings (SSSR count). The first-order valence-corrected chi connectivity index (χ1v) is 8.48. The van der Waals surface area contributed by atoms with E-state index in [-0.39, 0.29) is 29.7 Å². The highest BCUT2D eigenvalue weighted by Crippen LogP contribution is 2.58. The molecule has 3 fully saturated rings. The van der Waals surface area contributed by atoms with Gasteiger partial charge in [-0.3, -0.25) is 14.3 Å². The average molecular weight is 317 g/mol. The van der Waals surface area contributed by atoms with Crippen molar-refractivity contribution < 1.29 is 9.59 Å². The zero-order chi connectivity index (χ0) is 15.9. The van der Waals surface area contributed by atoms with Crippen molar-refractivity contribution in [2.45, 2.75) is 44.7 Å². The van der Waals surface area contributed by atoms with Gasteiger partial charge in [-0.1, -0.05) is 0 Å². The van der Waals surface area contributed by atoms with E-state index in [4.69, 9.17) is 0 Å². The number of amides is 2. The van der Waals surface area contributed by atoms with E-state index in [1.807, 2.05) is 0 Å². The number of piperidine rings is 1. The van der Waals surface area contributed by atoms with Crippen LogP contribution in [0.3, 0.4) is 0 Å². The van der Waals surface area contributed by atoms with E-state index < -0.39 is 0 Å². The Hall–Kier alpha value is -1.89. The van der Waals surface area contributed by atoms with Crippen LogP contribution in [0.2, 0.25) is 0 Å². The molecule has 124 valence electrons. The molecule has 7 nitrogen and oxygen atoms in total. The van der Waals surface area contributed by atoms with E-state index in [0.29, 0.717) is 11.7 Å². The van der Waals surface area contributed by atoms with E-state index in [0.717, 1.165) is 45.2 Å². The summed E-state index contributed by atoms with van der Waals surface area (Å²) in [5.41, 5.74) is 0.903. The van der Waals surface area contributed by atoms with Crippen molar-refractivity contribution in [2.24, 2.45) is 11.3 Å². The third-order valence-electron chi connectivity index (χ3n) is 5.25. The minimum absolute atomic E-state index is 0.0238. The lowest BCUT2D eigenvalue weighted by Crippen LogP contribution is -2.31. The van der Waals surface area contributed by atoms with Gasteiger partial charge in [0.1, 0.15) is 6.54 Å². The minimum Gasteiger partial charge on any atom is -0.352 e. The van der Waals surface area contributed by atoms with Gasteiger partial charge in [-0.15, -0.1) is 0 Å². The Morgan fingerprint density at radius 2 is 2.13 bits per heavy atom. The monoisotopic (exact) mass is 317 g/mol. The summed E-state index contributed by atoms with van der Waals surface area (Å²) in [6, 6.07) is 0.355. The van der Waals surface area contributed by atoms with Gasteiger partial charge >= 0.3 is 0 Å². The molecule has 1 saturated heterocycles. The van der Waals surface area contributed by atoms with E-state index in [2.05, 4.69) is 21.0 Å². The van der Waals surface area contributed by atoms with Crippen LogP contribution in [0.25, 0.3) is 0 Å². The van der Waals surface area contributed by atoms with Gasteiger partial charge < -0.3 is 16.0 Å². The van der Waals surface area contributed by atoms with Crippen LogP contribution in [0.15, 0.2) is 12.4 Å². The molecule has 3 aliphatic rings. The summed E-state index contributed by atoms with van der Waals surface area (Å²) < 4.78 is 1.57. The molecule has 1 atom stereocenters. The fourth-order valence-corrected chi connectivity index (χ4v) is 3.59. The second kappa shape index (κ2) is 5.63. The van der Waals surface area contributed by atoms with Gasteiger partial charge in [0.25, 0.3) is 0 Å². The Bertz CT molecular complexity index is 616. The molecule has 1 unspecified atom stereocenters. The predicted octanol–water partition coefficient (Wildman–Crippen LogP) is 0.490. The van der Waals surface area contributed by atoms with Gasteiger partial charge in [0.15, 0.2) is 0 Å². The smallest absolute Gasteiger partial charge is 0.241 e. The summed E-state index contributed by atoms with van der Waals surface area (Å²) in [5, 5.41) is 13.4. The predicted molar refractivity (Wildman–Crippen MR) is 84.7 cm³/mol. The van der Waals surface area contributed by atoms with Crippen molar-refractivity contribution in [3.63, 3.8) is 0 Å². The van der Waals surface area contributed by atoms with Gasteiger partial charge in [-0.2, -0.15) is 5.10 Å². The fraction of sp³-hybridized carbons (Fsp3) is 0.688. The molecule has 1 aliphatic heterocycles. The zero-order valence-electron chi connectivity index (χ0n) is 13.2. The lowest BCUT2D eigenvalue weighted by molar-refractivity contribution is -0.122. The number of hydrogen-bond donors (Lipinski definition) is 3. The second-order valence-corrected chi connectivity index (χ2v) is 7.13. The molecule has 1 aromatic heterocycles. The van der Waals surface area contributed by atoms with E-state index in [1.54, 1.807) is 17.1 Å². The molecule has 2 saturated carbocycles. The number of rotatable bonds is 5. The minimum atomic E-state index is -0.0238. The van der Waals surface area contributed by atoms with Crippen molar-refractivity contribution >= 4 is 17.5 Å². The Morgan fingerprint density at radius 1 is 1.35 bits per heavy atom. The quantitative estimate of drug-likeness (QED) is 0.737. The van der Waals surface area contributed by atoms with Gasteiger partial charge in [-0.05, 0) is 50.6 Å². The maximum Gasteiger partial charge on any atom is 0.241 e. The van der Waals surface area contributed by atoms with Crippen LogP contribution in [0, 0.1) is 11.3 Å². The van der Waals surface area contributed by atoms with Crippen molar-refractivity contribution in [3.8, 4) is 0 Å². The van der Waals surface area contributed by atoms with Crippen LogP contribution in [-0.2, 0) is 16.1 Å². The van der Waals surface area contributed by atoms with Crippen molar-refractivity contribution in [1.82, 2.24) is 20.4 Å². The standard InChI is InChI=1S/C16H23N5O2/c22-14(19-11-1-2-11)10-21-9-12(8-18-21)20-15(23)13-7-16(13)3-5-17-6-4-16/h8-9,11,13,17H,1-7,10H2,(H,19,22)(H,20,23). The summed E-state index contributed by atoms with van der Waals surface area (Å²) in [6.07, 6.45) is 8.66. The summed E-state index contributed by atoms with van der Waals surface area (Å²) in [6.45, 7) is 2.22. The average Bonchev–Trinajstić information content (AvgIpc) is 3.42. The number of nitrogens with zero attached hydrogens (tertiary/aromatic N) is 2. The summed E-state index contributed by atoms with van der Waals surface area (Å²) in [7, 11) is 0. The topological polar surface area (TPSA) is 88.1 Å². The highest BCUT2D eigenvalue weighted by atomic mass is 16.2. The molecular weight excluding hydrogens is 294 g/mol. The first-order chi connectivity index (χ1) is 11.1.